The summed E-state index contributed by atoms with van der Waals surface area (Å²) in [5.74, 6) is 1.49. The molecule has 0 unspecified atom stereocenters. The standard InChI is InChI=1S/C19H22N6O2/c1-2-27-19(26)24-12-10-15(11-13-24)20-16-8-9-17-21-22-18(25(17)23-16)14-6-4-3-5-7-14/h3-9,15H,2,10-13H2,1H3,(H,20,23). The quantitative estimate of drug-likeness (QED) is 0.764. The molecule has 0 saturated carbocycles. The van der Waals surface area contributed by atoms with Crippen LogP contribution in [-0.2, 0) is 4.74 Å². The van der Waals surface area contributed by atoms with Gasteiger partial charge in [0.05, 0.1) is 6.61 Å². The maximum atomic E-state index is 11.8. The summed E-state index contributed by atoms with van der Waals surface area (Å²) in [6.07, 6.45) is 1.48. The van der Waals surface area contributed by atoms with Crippen molar-refractivity contribution in [2.24, 2.45) is 0 Å². The number of nitrogens with zero attached hydrogens (tertiary/aromatic N) is 5. The van der Waals surface area contributed by atoms with E-state index in [1.807, 2.05) is 49.4 Å². The summed E-state index contributed by atoms with van der Waals surface area (Å²) in [5, 5.41) is 16.6. The van der Waals surface area contributed by atoms with Crippen LogP contribution in [0.15, 0.2) is 42.5 Å². The lowest BCUT2D eigenvalue weighted by Crippen LogP contribution is -2.42. The molecule has 1 saturated heterocycles. The molecule has 27 heavy (non-hydrogen) atoms. The highest BCUT2D eigenvalue weighted by Crippen LogP contribution is 2.20. The Hall–Kier alpha value is -3.16. The van der Waals surface area contributed by atoms with E-state index in [4.69, 9.17) is 4.74 Å². The SMILES string of the molecule is CCOC(=O)N1CCC(Nc2ccc3nnc(-c4ccccc4)n3n2)CC1. The summed E-state index contributed by atoms with van der Waals surface area (Å²) in [6, 6.07) is 14.0. The number of carbonyl (C=O) groups excluding carboxylic acids is 1. The molecule has 1 N–H and O–H groups in total. The van der Waals surface area contributed by atoms with E-state index in [0.29, 0.717) is 31.2 Å². The molecule has 1 amide bonds. The number of carbonyl (C=O) groups is 1. The van der Waals surface area contributed by atoms with E-state index >= 15 is 0 Å². The van der Waals surface area contributed by atoms with Crippen LogP contribution in [0.3, 0.4) is 0 Å². The fourth-order valence-corrected chi connectivity index (χ4v) is 3.26. The van der Waals surface area contributed by atoms with Crippen LogP contribution in [-0.4, -0.2) is 56.5 Å². The van der Waals surface area contributed by atoms with Gasteiger partial charge in [-0.3, -0.25) is 0 Å². The molecular formula is C19H22N6O2. The lowest BCUT2D eigenvalue weighted by molar-refractivity contribution is 0.0983. The van der Waals surface area contributed by atoms with Gasteiger partial charge < -0.3 is 15.0 Å². The Morgan fingerprint density at radius 1 is 1.15 bits per heavy atom. The van der Waals surface area contributed by atoms with E-state index in [1.165, 1.54) is 0 Å². The Morgan fingerprint density at radius 3 is 2.67 bits per heavy atom. The van der Waals surface area contributed by atoms with Crippen LogP contribution < -0.4 is 5.32 Å². The van der Waals surface area contributed by atoms with E-state index in [9.17, 15) is 4.79 Å². The second kappa shape index (κ2) is 7.61. The van der Waals surface area contributed by atoms with E-state index < -0.39 is 0 Å². The Labute approximate surface area is 157 Å². The minimum atomic E-state index is -0.229. The van der Waals surface area contributed by atoms with Crippen molar-refractivity contribution in [3.63, 3.8) is 0 Å². The van der Waals surface area contributed by atoms with Gasteiger partial charge in [-0.05, 0) is 31.9 Å². The average Bonchev–Trinajstić information content (AvgIpc) is 3.13. The van der Waals surface area contributed by atoms with Crippen LogP contribution in [0.1, 0.15) is 19.8 Å². The third-order valence-electron chi connectivity index (χ3n) is 4.67. The first-order chi connectivity index (χ1) is 13.2. The predicted molar refractivity (Wildman–Crippen MR) is 101 cm³/mol. The summed E-state index contributed by atoms with van der Waals surface area (Å²) in [4.78, 5) is 13.6. The third kappa shape index (κ3) is 3.69. The maximum Gasteiger partial charge on any atom is 0.409 e. The van der Waals surface area contributed by atoms with Gasteiger partial charge in [0.15, 0.2) is 11.5 Å². The number of rotatable bonds is 4. The highest BCUT2D eigenvalue weighted by molar-refractivity contribution is 5.67. The topological polar surface area (TPSA) is 84.6 Å². The molecule has 8 nitrogen and oxygen atoms in total. The molecule has 3 aromatic rings. The fraction of sp³-hybridized carbons (Fsp3) is 0.368. The van der Waals surface area contributed by atoms with E-state index in [0.717, 1.165) is 24.2 Å². The molecule has 4 rings (SSSR count). The van der Waals surface area contributed by atoms with Gasteiger partial charge in [0.25, 0.3) is 0 Å². The minimum absolute atomic E-state index is 0.229. The van der Waals surface area contributed by atoms with Gasteiger partial charge in [-0.1, -0.05) is 30.3 Å². The van der Waals surface area contributed by atoms with Crippen molar-refractivity contribution in [1.29, 1.82) is 0 Å². The number of amides is 1. The van der Waals surface area contributed by atoms with Crippen molar-refractivity contribution in [3.05, 3.63) is 42.5 Å². The molecule has 0 atom stereocenters. The number of fused-ring (bicyclic) bond motifs is 1. The fourth-order valence-electron chi connectivity index (χ4n) is 3.26. The number of hydrogen-bond acceptors (Lipinski definition) is 6. The zero-order chi connectivity index (χ0) is 18.6. The molecule has 2 aromatic heterocycles. The molecule has 1 aromatic carbocycles. The van der Waals surface area contributed by atoms with Gasteiger partial charge in [-0.15, -0.1) is 15.3 Å². The first-order valence-electron chi connectivity index (χ1n) is 9.20. The summed E-state index contributed by atoms with van der Waals surface area (Å²) in [6.45, 7) is 3.59. The van der Waals surface area contributed by atoms with E-state index in [2.05, 4.69) is 20.6 Å². The van der Waals surface area contributed by atoms with Crippen LogP contribution >= 0.6 is 0 Å². The molecule has 1 fully saturated rings. The van der Waals surface area contributed by atoms with Crippen LogP contribution in [0, 0.1) is 0 Å². The van der Waals surface area contributed by atoms with Crippen molar-refractivity contribution in [3.8, 4) is 11.4 Å². The Kier molecular flexibility index (Phi) is 4.86. The second-order valence-electron chi connectivity index (χ2n) is 6.48. The number of hydrogen-bond donors (Lipinski definition) is 1. The van der Waals surface area contributed by atoms with Crippen molar-refractivity contribution in [2.45, 2.75) is 25.8 Å². The van der Waals surface area contributed by atoms with Crippen molar-refractivity contribution >= 4 is 17.6 Å². The number of aromatic nitrogens is 4. The van der Waals surface area contributed by atoms with E-state index in [-0.39, 0.29) is 12.1 Å². The van der Waals surface area contributed by atoms with Gasteiger partial charge in [0.1, 0.15) is 5.82 Å². The summed E-state index contributed by atoms with van der Waals surface area (Å²) >= 11 is 0. The summed E-state index contributed by atoms with van der Waals surface area (Å²) in [7, 11) is 0. The summed E-state index contributed by atoms with van der Waals surface area (Å²) in [5.41, 5.74) is 1.67. The second-order valence-corrected chi connectivity index (χ2v) is 6.48. The highest BCUT2D eigenvalue weighted by atomic mass is 16.6. The van der Waals surface area contributed by atoms with Crippen LogP contribution in [0.5, 0.6) is 0 Å². The molecule has 0 spiro atoms. The Morgan fingerprint density at radius 2 is 1.93 bits per heavy atom. The van der Waals surface area contributed by atoms with Gasteiger partial charge in [0, 0.05) is 24.7 Å². The normalized spacial score (nSPS) is 15.1. The number of anilines is 1. The molecular weight excluding hydrogens is 344 g/mol. The number of benzene rings is 1. The van der Waals surface area contributed by atoms with Crippen molar-refractivity contribution in [2.75, 3.05) is 25.0 Å². The molecule has 8 heteroatoms. The number of piperidine rings is 1. The molecule has 0 radical (unpaired) electrons. The smallest absolute Gasteiger partial charge is 0.409 e. The lowest BCUT2D eigenvalue weighted by atomic mass is 10.1. The van der Waals surface area contributed by atoms with Crippen molar-refractivity contribution < 1.29 is 9.53 Å². The highest BCUT2D eigenvalue weighted by Gasteiger charge is 2.23. The number of ether oxygens (including phenoxy) is 1. The maximum absolute atomic E-state index is 11.8. The third-order valence-corrected chi connectivity index (χ3v) is 4.67. The first kappa shape index (κ1) is 17.3. The van der Waals surface area contributed by atoms with Gasteiger partial charge in [-0.2, -0.15) is 4.52 Å². The zero-order valence-electron chi connectivity index (χ0n) is 15.2. The van der Waals surface area contributed by atoms with Crippen LogP contribution in [0.4, 0.5) is 10.6 Å². The Balaban J connectivity index is 1.47. The molecule has 3 heterocycles. The number of nitrogens with one attached hydrogen (secondary N) is 1. The average molecular weight is 366 g/mol. The molecule has 1 aliphatic rings. The van der Waals surface area contributed by atoms with Crippen LogP contribution in [0.2, 0.25) is 0 Å². The lowest BCUT2D eigenvalue weighted by Gasteiger charge is -2.31. The molecule has 0 aliphatic carbocycles. The molecule has 1 aliphatic heterocycles. The number of likely N-dealkylation sites (tertiary alicyclic amines) is 1. The van der Waals surface area contributed by atoms with Gasteiger partial charge in [-0.25, -0.2) is 4.79 Å². The molecule has 0 bridgehead atoms. The largest absolute Gasteiger partial charge is 0.450 e. The Bertz CT molecular complexity index is 918. The first-order valence-corrected chi connectivity index (χ1v) is 9.20. The zero-order valence-corrected chi connectivity index (χ0v) is 15.2. The van der Waals surface area contributed by atoms with Gasteiger partial charge >= 0.3 is 6.09 Å². The molecule has 140 valence electrons. The predicted octanol–water partition coefficient (Wildman–Crippen LogP) is 2.82. The van der Waals surface area contributed by atoms with E-state index in [1.54, 1.807) is 9.42 Å². The monoisotopic (exact) mass is 366 g/mol. The van der Waals surface area contributed by atoms with Gasteiger partial charge in [0.2, 0.25) is 0 Å². The van der Waals surface area contributed by atoms with Crippen LogP contribution in [0.25, 0.3) is 17.0 Å². The van der Waals surface area contributed by atoms with Crippen molar-refractivity contribution in [1.82, 2.24) is 24.7 Å². The summed E-state index contributed by atoms with van der Waals surface area (Å²) < 4.78 is 6.82. The minimum Gasteiger partial charge on any atom is -0.450 e.